The van der Waals surface area contributed by atoms with Gasteiger partial charge in [0.15, 0.2) is 0 Å². The van der Waals surface area contributed by atoms with Crippen LogP contribution in [0.2, 0.25) is 5.02 Å². The van der Waals surface area contributed by atoms with Crippen molar-refractivity contribution in [3.8, 4) is 11.8 Å². The summed E-state index contributed by atoms with van der Waals surface area (Å²) in [6.45, 7) is 0. The Bertz CT molecular complexity index is 963. The SMILES string of the molecule is COC(=O)CCC#Cc1cc(Cl)ccc1NS(=O)(=O)c1ccc(F)cc1. The van der Waals surface area contributed by atoms with Crippen molar-refractivity contribution in [3.05, 3.63) is 58.9 Å². The topological polar surface area (TPSA) is 72.5 Å². The molecule has 0 aliphatic heterocycles. The minimum Gasteiger partial charge on any atom is -0.469 e. The molecule has 0 saturated heterocycles. The molecule has 0 aliphatic carbocycles. The zero-order valence-electron chi connectivity index (χ0n) is 13.8. The number of carbonyl (C=O) groups excluding carboxylic acids is 1. The summed E-state index contributed by atoms with van der Waals surface area (Å²) in [6, 6.07) is 8.95. The number of hydrogen-bond acceptors (Lipinski definition) is 4. The highest BCUT2D eigenvalue weighted by atomic mass is 35.5. The van der Waals surface area contributed by atoms with E-state index in [1.165, 1.54) is 25.3 Å². The summed E-state index contributed by atoms with van der Waals surface area (Å²) in [5.74, 6) is 4.64. The van der Waals surface area contributed by atoms with Crippen LogP contribution in [-0.2, 0) is 19.6 Å². The van der Waals surface area contributed by atoms with Gasteiger partial charge in [-0.1, -0.05) is 23.4 Å². The number of benzene rings is 2. The lowest BCUT2D eigenvalue weighted by Gasteiger charge is -2.10. The van der Waals surface area contributed by atoms with E-state index in [2.05, 4.69) is 21.3 Å². The Morgan fingerprint density at radius 1 is 1.23 bits per heavy atom. The van der Waals surface area contributed by atoms with Gasteiger partial charge in [-0.3, -0.25) is 9.52 Å². The van der Waals surface area contributed by atoms with E-state index in [4.69, 9.17) is 11.6 Å². The van der Waals surface area contributed by atoms with E-state index in [0.717, 1.165) is 24.3 Å². The fraction of sp³-hybridized carbons (Fsp3) is 0.167. The van der Waals surface area contributed by atoms with E-state index in [-0.39, 0.29) is 29.4 Å². The molecule has 5 nitrogen and oxygen atoms in total. The molecule has 0 radical (unpaired) electrons. The Labute approximate surface area is 156 Å². The van der Waals surface area contributed by atoms with E-state index in [9.17, 15) is 17.6 Å². The third kappa shape index (κ3) is 5.48. The van der Waals surface area contributed by atoms with Crippen LogP contribution in [0.5, 0.6) is 0 Å². The first-order valence-electron chi connectivity index (χ1n) is 7.45. The lowest BCUT2D eigenvalue weighted by Crippen LogP contribution is -2.13. The van der Waals surface area contributed by atoms with E-state index in [1.807, 2.05) is 0 Å². The lowest BCUT2D eigenvalue weighted by atomic mass is 10.2. The maximum absolute atomic E-state index is 13.0. The molecule has 0 spiro atoms. The number of methoxy groups -OCH3 is 1. The summed E-state index contributed by atoms with van der Waals surface area (Å²) in [5, 5.41) is 0.381. The van der Waals surface area contributed by atoms with Crippen LogP contribution in [0.1, 0.15) is 18.4 Å². The molecule has 26 heavy (non-hydrogen) atoms. The summed E-state index contributed by atoms with van der Waals surface area (Å²) in [6.07, 6.45) is 0.379. The minimum atomic E-state index is -3.92. The van der Waals surface area contributed by atoms with Gasteiger partial charge in [-0.15, -0.1) is 0 Å². The number of rotatable bonds is 5. The first kappa shape index (κ1) is 19.8. The second-order valence-electron chi connectivity index (χ2n) is 5.13. The smallest absolute Gasteiger partial charge is 0.306 e. The lowest BCUT2D eigenvalue weighted by molar-refractivity contribution is -0.140. The van der Waals surface area contributed by atoms with Gasteiger partial charge in [-0.05, 0) is 42.5 Å². The van der Waals surface area contributed by atoms with Gasteiger partial charge in [0.1, 0.15) is 5.82 Å². The molecule has 0 aromatic heterocycles. The summed E-state index contributed by atoms with van der Waals surface area (Å²) in [4.78, 5) is 11.0. The second kappa shape index (κ2) is 8.70. The number of nitrogens with one attached hydrogen (secondary N) is 1. The molecule has 0 saturated carbocycles. The molecule has 2 rings (SSSR count). The molecule has 0 fully saturated rings. The average molecular weight is 396 g/mol. The number of anilines is 1. The fourth-order valence-electron chi connectivity index (χ4n) is 1.95. The van der Waals surface area contributed by atoms with Crippen molar-refractivity contribution >= 4 is 33.3 Å². The quantitative estimate of drug-likeness (QED) is 0.620. The van der Waals surface area contributed by atoms with Crippen LogP contribution in [-0.4, -0.2) is 21.5 Å². The summed E-state index contributed by atoms with van der Waals surface area (Å²) < 4.78 is 44.8. The Morgan fingerprint density at radius 3 is 2.58 bits per heavy atom. The molecule has 1 N–H and O–H groups in total. The Hall–Kier alpha value is -2.56. The fourth-order valence-corrected chi connectivity index (χ4v) is 3.20. The van der Waals surface area contributed by atoms with E-state index in [0.29, 0.717) is 10.6 Å². The van der Waals surface area contributed by atoms with Crippen LogP contribution in [0.4, 0.5) is 10.1 Å². The monoisotopic (exact) mass is 395 g/mol. The highest BCUT2D eigenvalue weighted by Crippen LogP contribution is 2.23. The molecule has 8 heteroatoms. The number of carbonyl (C=O) groups is 1. The third-order valence-corrected chi connectivity index (χ3v) is 4.87. The van der Waals surface area contributed by atoms with Gasteiger partial charge >= 0.3 is 5.97 Å². The molecule has 2 aromatic rings. The van der Waals surface area contributed by atoms with Gasteiger partial charge in [0.25, 0.3) is 10.0 Å². The molecule has 0 aliphatic rings. The zero-order valence-corrected chi connectivity index (χ0v) is 15.3. The standard InChI is InChI=1S/C18H15ClFNO4S/c1-25-18(22)5-3-2-4-13-12-14(19)6-11-17(13)21-26(23,24)16-9-7-15(20)8-10-16/h6-12,21H,3,5H2,1H3. The van der Waals surface area contributed by atoms with Gasteiger partial charge in [0, 0.05) is 11.4 Å². The number of ether oxygens (including phenoxy) is 1. The van der Waals surface area contributed by atoms with E-state index < -0.39 is 15.8 Å². The maximum atomic E-state index is 13.0. The Morgan fingerprint density at radius 2 is 1.92 bits per heavy atom. The molecule has 0 atom stereocenters. The van der Waals surface area contributed by atoms with Gasteiger partial charge in [0.05, 0.1) is 29.7 Å². The van der Waals surface area contributed by atoms with Crippen molar-refractivity contribution < 1.29 is 22.3 Å². The Balaban J connectivity index is 2.25. The van der Waals surface area contributed by atoms with Crippen LogP contribution < -0.4 is 4.72 Å². The highest BCUT2D eigenvalue weighted by molar-refractivity contribution is 7.92. The number of sulfonamides is 1. The van der Waals surface area contributed by atoms with Crippen LogP contribution in [0.3, 0.4) is 0 Å². The Kier molecular flexibility index (Phi) is 6.61. The second-order valence-corrected chi connectivity index (χ2v) is 7.25. The van der Waals surface area contributed by atoms with Crippen molar-refractivity contribution in [3.63, 3.8) is 0 Å². The molecular formula is C18H15ClFNO4S. The first-order chi connectivity index (χ1) is 12.3. The number of esters is 1. The van der Waals surface area contributed by atoms with Gasteiger partial charge in [0.2, 0.25) is 0 Å². The number of hydrogen-bond donors (Lipinski definition) is 1. The molecule has 0 amide bonds. The van der Waals surface area contributed by atoms with E-state index in [1.54, 1.807) is 0 Å². The maximum Gasteiger partial charge on any atom is 0.306 e. The highest BCUT2D eigenvalue weighted by Gasteiger charge is 2.16. The molecule has 136 valence electrons. The number of halogens is 2. The zero-order chi connectivity index (χ0) is 19.2. The minimum absolute atomic E-state index is 0.0848. The predicted molar refractivity (Wildman–Crippen MR) is 96.8 cm³/mol. The molecule has 0 heterocycles. The largest absolute Gasteiger partial charge is 0.469 e. The third-order valence-electron chi connectivity index (χ3n) is 3.25. The van der Waals surface area contributed by atoms with Crippen molar-refractivity contribution in [2.24, 2.45) is 0 Å². The van der Waals surface area contributed by atoms with Crippen LogP contribution in [0, 0.1) is 17.7 Å². The summed E-state index contributed by atoms with van der Waals surface area (Å²) in [5.41, 5.74) is 0.581. The normalized spacial score (nSPS) is 10.6. The van der Waals surface area contributed by atoms with Crippen molar-refractivity contribution in [2.45, 2.75) is 17.7 Å². The van der Waals surface area contributed by atoms with Crippen molar-refractivity contribution in [1.82, 2.24) is 0 Å². The van der Waals surface area contributed by atoms with Gasteiger partial charge in [-0.2, -0.15) is 0 Å². The predicted octanol–water partition coefficient (Wildman–Crippen LogP) is 3.58. The van der Waals surface area contributed by atoms with Crippen molar-refractivity contribution in [2.75, 3.05) is 11.8 Å². The van der Waals surface area contributed by atoms with E-state index >= 15 is 0 Å². The van der Waals surface area contributed by atoms with Crippen LogP contribution in [0.25, 0.3) is 0 Å². The molecular weight excluding hydrogens is 381 g/mol. The van der Waals surface area contributed by atoms with Crippen LogP contribution >= 0.6 is 11.6 Å². The summed E-state index contributed by atoms with van der Waals surface area (Å²) in [7, 11) is -2.63. The molecule has 2 aromatic carbocycles. The van der Waals surface area contributed by atoms with Crippen molar-refractivity contribution in [1.29, 1.82) is 0 Å². The average Bonchev–Trinajstić information content (AvgIpc) is 2.60. The molecule has 0 bridgehead atoms. The van der Waals surface area contributed by atoms with Gasteiger partial charge in [-0.25, -0.2) is 12.8 Å². The van der Waals surface area contributed by atoms with Crippen LogP contribution in [0.15, 0.2) is 47.4 Å². The first-order valence-corrected chi connectivity index (χ1v) is 9.31. The van der Waals surface area contributed by atoms with Gasteiger partial charge < -0.3 is 4.74 Å². The molecule has 0 unspecified atom stereocenters. The summed E-state index contributed by atoms with van der Waals surface area (Å²) >= 11 is 5.95.